The fourth-order valence-corrected chi connectivity index (χ4v) is 4.74. The molecule has 1 aromatic heterocycles. The Kier molecular flexibility index (Phi) is 5.71. The zero-order valence-corrected chi connectivity index (χ0v) is 15.9. The maximum atomic E-state index is 11.1. The van der Waals surface area contributed by atoms with E-state index in [0.29, 0.717) is 5.56 Å². The van der Waals surface area contributed by atoms with E-state index in [2.05, 4.69) is 23.2 Å². The van der Waals surface area contributed by atoms with Gasteiger partial charge < -0.3 is 5.73 Å². The third-order valence-electron chi connectivity index (χ3n) is 3.88. The summed E-state index contributed by atoms with van der Waals surface area (Å²) in [5.74, 6) is 0.463. The second kappa shape index (κ2) is 8.17. The quantitative estimate of drug-likeness (QED) is 0.647. The lowest BCUT2D eigenvalue weighted by Crippen LogP contribution is -2.13. The van der Waals surface area contributed by atoms with Crippen LogP contribution in [0.2, 0.25) is 0 Å². The van der Waals surface area contributed by atoms with E-state index < -0.39 is 0 Å². The van der Waals surface area contributed by atoms with Crippen molar-refractivity contribution in [3.8, 4) is 17.2 Å². The van der Waals surface area contributed by atoms with Gasteiger partial charge in [-0.15, -0.1) is 11.3 Å². The lowest BCUT2D eigenvalue weighted by atomic mass is 10.00. The number of rotatable bonds is 6. The summed E-state index contributed by atoms with van der Waals surface area (Å²) in [5.41, 5.74) is 9.97. The second-order valence-corrected chi connectivity index (χ2v) is 8.08. The standard InChI is InChI=1S/C20H17N3OS2/c1-13-18(10-19(22)24)26-20(23-13)25-12-14-6-8-15(9-7-14)17-5-3-2-4-16(17)11-21/h2-9H,10,12H2,1H3,(H2,22,24). The molecule has 130 valence electrons. The minimum absolute atomic E-state index is 0.247. The van der Waals surface area contributed by atoms with Crippen LogP contribution in [0.4, 0.5) is 0 Å². The minimum atomic E-state index is -0.332. The number of amides is 1. The number of aromatic nitrogens is 1. The first kappa shape index (κ1) is 18.2. The van der Waals surface area contributed by atoms with Gasteiger partial charge in [-0.1, -0.05) is 54.2 Å². The Balaban J connectivity index is 1.69. The molecule has 1 amide bonds. The number of benzene rings is 2. The van der Waals surface area contributed by atoms with E-state index in [9.17, 15) is 10.1 Å². The van der Waals surface area contributed by atoms with Crippen LogP contribution in [0.25, 0.3) is 11.1 Å². The molecule has 0 aliphatic heterocycles. The fourth-order valence-electron chi connectivity index (χ4n) is 2.54. The average Bonchev–Trinajstić information content (AvgIpc) is 2.99. The summed E-state index contributed by atoms with van der Waals surface area (Å²) in [6.45, 7) is 1.90. The molecule has 4 nitrogen and oxygen atoms in total. The van der Waals surface area contributed by atoms with E-state index in [1.54, 1.807) is 11.8 Å². The smallest absolute Gasteiger partial charge is 0.222 e. The van der Waals surface area contributed by atoms with E-state index in [1.165, 1.54) is 16.9 Å². The Morgan fingerprint density at radius 1 is 1.23 bits per heavy atom. The minimum Gasteiger partial charge on any atom is -0.369 e. The lowest BCUT2D eigenvalue weighted by Gasteiger charge is -2.05. The van der Waals surface area contributed by atoms with Gasteiger partial charge in [-0.05, 0) is 29.7 Å². The molecule has 0 aliphatic rings. The predicted molar refractivity (Wildman–Crippen MR) is 106 cm³/mol. The molecule has 3 aromatic rings. The number of thioether (sulfide) groups is 1. The van der Waals surface area contributed by atoms with Crippen molar-refractivity contribution in [1.82, 2.24) is 4.98 Å². The molecule has 0 saturated carbocycles. The van der Waals surface area contributed by atoms with Crippen LogP contribution in [0.15, 0.2) is 52.9 Å². The zero-order chi connectivity index (χ0) is 18.5. The first-order valence-corrected chi connectivity index (χ1v) is 9.83. The Morgan fingerprint density at radius 3 is 2.65 bits per heavy atom. The maximum absolute atomic E-state index is 11.1. The van der Waals surface area contributed by atoms with Crippen LogP contribution in [-0.4, -0.2) is 10.9 Å². The van der Waals surface area contributed by atoms with E-state index in [4.69, 9.17) is 5.73 Å². The zero-order valence-electron chi connectivity index (χ0n) is 14.2. The van der Waals surface area contributed by atoms with E-state index >= 15 is 0 Å². The summed E-state index contributed by atoms with van der Waals surface area (Å²) in [5, 5.41) is 9.24. The van der Waals surface area contributed by atoms with Gasteiger partial charge in [0.15, 0.2) is 4.34 Å². The van der Waals surface area contributed by atoms with Gasteiger partial charge >= 0.3 is 0 Å². The monoisotopic (exact) mass is 379 g/mol. The number of nitrogens with two attached hydrogens (primary N) is 1. The maximum Gasteiger partial charge on any atom is 0.222 e. The number of hydrogen-bond acceptors (Lipinski definition) is 5. The molecule has 1 heterocycles. The van der Waals surface area contributed by atoms with Crippen molar-refractivity contribution in [1.29, 1.82) is 5.26 Å². The third kappa shape index (κ3) is 4.31. The van der Waals surface area contributed by atoms with Gasteiger partial charge in [-0.2, -0.15) is 5.26 Å². The molecular formula is C20H17N3OS2. The molecule has 6 heteroatoms. The summed E-state index contributed by atoms with van der Waals surface area (Å²) in [6, 6.07) is 18.0. The Hall–Kier alpha value is -2.62. The SMILES string of the molecule is Cc1nc(SCc2ccc(-c3ccccc3C#N)cc2)sc1CC(N)=O. The van der Waals surface area contributed by atoms with Gasteiger partial charge in [0.25, 0.3) is 0 Å². The number of thiazole rings is 1. The number of nitrogens with zero attached hydrogens (tertiary/aromatic N) is 2. The summed E-state index contributed by atoms with van der Waals surface area (Å²) >= 11 is 3.17. The highest BCUT2D eigenvalue weighted by Gasteiger charge is 2.11. The van der Waals surface area contributed by atoms with Crippen LogP contribution < -0.4 is 5.73 Å². The average molecular weight is 380 g/mol. The first-order valence-electron chi connectivity index (χ1n) is 8.02. The van der Waals surface area contributed by atoms with Crippen LogP contribution in [0.1, 0.15) is 21.7 Å². The van der Waals surface area contributed by atoms with Crippen LogP contribution in [0, 0.1) is 18.3 Å². The topological polar surface area (TPSA) is 79.8 Å². The summed E-state index contributed by atoms with van der Waals surface area (Å²) in [6.07, 6.45) is 0.247. The third-order valence-corrected chi connectivity index (χ3v) is 6.25. The first-order chi connectivity index (χ1) is 12.6. The molecule has 0 atom stereocenters. The normalized spacial score (nSPS) is 10.5. The Bertz CT molecular complexity index is 971. The molecule has 0 radical (unpaired) electrons. The Labute approximate surface area is 160 Å². The van der Waals surface area contributed by atoms with Crippen molar-refractivity contribution in [2.24, 2.45) is 5.73 Å². The van der Waals surface area contributed by atoms with Gasteiger partial charge in [-0.25, -0.2) is 4.98 Å². The largest absolute Gasteiger partial charge is 0.369 e. The van der Waals surface area contributed by atoms with Crippen LogP contribution in [0.3, 0.4) is 0 Å². The highest BCUT2D eigenvalue weighted by atomic mass is 32.2. The summed E-state index contributed by atoms with van der Waals surface area (Å²) in [4.78, 5) is 16.5. The van der Waals surface area contributed by atoms with E-state index in [0.717, 1.165) is 31.8 Å². The second-order valence-electron chi connectivity index (χ2n) is 5.77. The molecule has 0 bridgehead atoms. The summed E-state index contributed by atoms with van der Waals surface area (Å²) < 4.78 is 0.942. The molecule has 0 aliphatic carbocycles. The predicted octanol–water partition coefficient (Wildman–Crippen LogP) is 4.31. The van der Waals surface area contributed by atoms with E-state index in [1.807, 2.05) is 43.3 Å². The van der Waals surface area contributed by atoms with Crippen LogP contribution in [0.5, 0.6) is 0 Å². The molecule has 3 rings (SSSR count). The van der Waals surface area contributed by atoms with Crippen molar-refractivity contribution >= 4 is 29.0 Å². The van der Waals surface area contributed by atoms with Gasteiger partial charge in [0.1, 0.15) is 0 Å². The molecule has 0 unspecified atom stereocenters. The molecule has 0 spiro atoms. The number of nitriles is 1. The molecule has 26 heavy (non-hydrogen) atoms. The summed E-state index contributed by atoms with van der Waals surface area (Å²) in [7, 11) is 0. The molecule has 0 fully saturated rings. The van der Waals surface area contributed by atoms with Crippen molar-refractivity contribution in [3.05, 3.63) is 70.2 Å². The molecular weight excluding hydrogens is 362 g/mol. The van der Waals surface area contributed by atoms with Crippen molar-refractivity contribution in [2.75, 3.05) is 0 Å². The van der Waals surface area contributed by atoms with Crippen LogP contribution >= 0.6 is 23.1 Å². The van der Waals surface area contributed by atoms with Crippen LogP contribution in [-0.2, 0) is 17.0 Å². The van der Waals surface area contributed by atoms with Gasteiger partial charge in [0.2, 0.25) is 5.91 Å². The van der Waals surface area contributed by atoms with Gasteiger partial charge in [0.05, 0.1) is 23.7 Å². The van der Waals surface area contributed by atoms with E-state index in [-0.39, 0.29) is 12.3 Å². The number of primary amides is 1. The highest BCUT2D eigenvalue weighted by molar-refractivity contribution is 8.00. The van der Waals surface area contributed by atoms with Crippen molar-refractivity contribution in [3.63, 3.8) is 0 Å². The van der Waals surface area contributed by atoms with Crippen molar-refractivity contribution < 1.29 is 4.79 Å². The highest BCUT2D eigenvalue weighted by Crippen LogP contribution is 2.31. The molecule has 2 aromatic carbocycles. The Morgan fingerprint density at radius 2 is 1.96 bits per heavy atom. The number of carbonyl (C=O) groups is 1. The van der Waals surface area contributed by atoms with Gasteiger partial charge in [-0.3, -0.25) is 4.79 Å². The number of aryl methyl sites for hydroxylation is 1. The van der Waals surface area contributed by atoms with Gasteiger partial charge in [0, 0.05) is 10.6 Å². The van der Waals surface area contributed by atoms with Crippen molar-refractivity contribution in [2.45, 2.75) is 23.4 Å². The number of hydrogen-bond donors (Lipinski definition) is 1. The molecule has 0 saturated heterocycles. The fraction of sp³-hybridized carbons (Fsp3) is 0.150. The number of carbonyl (C=O) groups excluding carboxylic acids is 1. The lowest BCUT2D eigenvalue weighted by molar-refractivity contribution is -0.117. The molecule has 2 N–H and O–H groups in total.